The molecule has 3 aromatic heterocycles. The van der Waals surface area contributed by atoms with Gasteiger partial charge in [0.2, 0.25) is 0 Å². The van der Waals surface area contributed by atoms with Crippen molar-refractivity contribution in [3.8, 4) is 23.3 Å². The van der Waals surface area contributed by atoms with Crippen molar-refractivity contribution >= 4 is 22.0 Å². The molecule has 0 spiro atoms. The Balaban J connectivity index is 2.17. The lowest BCUT2D eigenvalue weighted by Crippen LogP contribution is -2.25. The van der Waals surface area contributed by atoms with Crippen molar-refractivity contribution in [2.45, 2.75) is 37.4 Å². The molecule has 0 amide bonds. The van der Waals surface area contributed by atoms with Gasteiger partial charge in [0.25, 0.3) is 0 Å². The molecular weight excluding hydrogens is 419 g/mol. The van der Waals surface area contributed by atoms with Crippen molar-refractivity contribution in [2.75, 3.05) is 5.75 Å². The van der Waals surface area contributed by atoms with Gasteiger partial charge in [0.05, 0.1) is 27.5 Å². The number of rotatable bonds is 5. The van der Waals surface area contributed by atoms with Gasteiger partial charge in [-0.05, 0) is 19.9 Å². The van der Waals surface area contributed by atoms with E-state index < -0.39 is 28.1 Å². The van der Waals surface area contributed by atoms with Crippen LogP contribution in [-0.4, -0.2) is 35.1 Å². The first kappa shape index (κ1) is 21.7. The van der Waals surface area contributed by atoms with Gasteiger partial charge in [-0.1, -0.05) is 6.92 Å². The Morgan fingerprint density at radius 2 is 1.93 bits per heavy atom. The van der Waals surface area contributed by atoms with E-state index in [-0.39, 0.29) is 34.2 Å². The molecule has 0 aromatic carbocycles. The number of aromatic nitrogens is 4. The number of pyridine rings is 2. The molecule has 1 atom stereocenters. The van der Waals surface area contributed by atoms with Crippen molar-refractivity contribution in [3.63, 3.8) is 0 Å². The third-order valence-electron chi connectivity index (χ3n) is 4.23. The van der Waals surface area contributed by atoms with Crippen molar-refractivity contribution in [1.82, 2.24) is 19.5 Å². The molecule has 0 aliphatic rings. The summed E-state index contributed by atoms with van der Waals surface area (Å²) in [5.74, 6) is 0.748. The number of alkyl halides is 3. The Hall–Kier alpha value is -3.00. The molecule has 0 unspecified atom stereocenters. The first-order valence-electron chi connectivity index (χ1n) is 8.85. The van der Waals surface area contributed by atoms with Gasteiger partial charge >= 0.3 is 6.18 Å². The molecule has 11 heteroatoms. The summed E-state index contributed by atoms with van der Waals surface area (Å²) in [5, 5.41) is 9.15. The van der Waals surface area contributed by atoms with Gasteiger partial charge in [-0.25, -0.2) is 15.0 Å². The Kier molecular flexibility index (Phi) is 5.56. The highest BCUT2D eigenvalue weighted by Gasteiger charge is 2.32. The average molecular weight is 437 g/mol. The fourth-order valence-electron chi connectivity index (χ4n) is 2.74. The van der Waals surface area contributed by atoms with E-state index in [1.165, 1.54) is 16.8 Å². The highest BCUT2D eigenvalue weighted by Crippen LogP contribution is 2.33. The van der Waals surface area contributed by atoms with Crippen LogP contribution in [-0.2, 0) is 24.0 Å². The zero-order valence-electron chi connectivity index (χ0n) is 16.6. The minimum Gasteiger partial charge on any atom is -0.471 e. The second-order valence-corrected chi connectivity index (χ2v) is 8.64. The van der Waals surface area contributed by atoms with E-state index in [9.17, 15) is 17.4 Å². The number of imidazole rings is 1. The maximum absolute atomic E-state index is 13.0. The molecule has 7 nitrogen and oxygen atoms in total. The second-order valence-electron chi connectivity index (χ2n) is 6.94. The highest BCUT2D eigenvalue weighted by molar-refractivity contribution is 7.85. The predicted octanol–water partition coefficient (Wildman–Crippen LogP) is 3.86. The fourth-order valence-corrected chi connectivity index (χ4v) is 3.66. The van der Waals surface area contributed by atoms with Crippen LogP contribution in [0.1, 0.15) is 26.3 Å². The predicted molar refractivity (Wildman–Crippen MR) is 104 cm³/mol. The normalized spacial score (nSPS) is 13.3. The van der Waals surface area contributed by atoms with Crippen LogP contribution in [0.4, 0.5) is 13.2 Å². The Labute approximate surface area is 173 Å². The number of hydrogen-bond acceptors (Lipinski definition) is 6. The minimum atomic E-state index is -4.54. The molecule has 0 aliphatic heterocycles. The largest absolute Gasteiger partial charge is 0.471 e. The molecule has 158 valence electrons. The Morgan fingerprint density at radius 1 is 1.23 bits per heavy atom. The first-order chi connectivity index (χ1) is 14.0. The lowest BCUT2D eigenvalue weighted by atomic mass is 10.2. The molecule has 30 heavy (non-hydrogen) atoms. The highest BCUT2D eigenvalue weighted by atomic mass is 32.2. The Bertz CT molecular complexity index is 1180. The Morgan fingerprint density at radius 3 is 2.53 bits per heavy atom. The molecule has 0 aliphatic carbocycles. The van der Waals surface area contributed by atoms with E-state index in [0.29, 0.717) is 4.90 Å². The minimum absolute atomic E-state index is 0.0447. The van der Waals surface area contributed by atoms with E-state index in [0.717, 1.165) is 12.3 Å². The van der Waals surface area contributed by atoms with Crippen LogP contribution < -0.4 is 4.74 Å². The van der Waals surface area contributed by atoms with Gasteiger partial charge in [-0.2, -0.15) is 18.4 Å². The molecule has 0 fully saturated rings. The standard InChI is InChI=1S/C19H18F3N5O2S/c1-5-30(28)14-7-12(29-18(2,3)10-23)9-24-15(14)17-26-13-6-11(19(20,21)22)8-25-16(13)27(17)4/h6-9H,5H2,1-4H3/t30-/m1/s1. The quantitative estimate of drug-likeness (QED) is 0.602. The molecule has 0 bridgehead atoms. The topological polar surface area (TPSA) is 93.7 Å². The molecule has 0 radical (unpaired) electrons. The average Bonchev–Trinajstić information content (AvgIpc) is 3.02. The maximum Gasteiger partial charge on any atom is 0.417 e. The molecule has 0 N–H and O–H groups in total. The number of hydrogen-bond donors (Lipinski definition) is 0. The lowest BCUT2D eigenvalue weighted by molar-refractivity contribution is -0.137. The van der Waals surface area contributed by atoms with Gasteiger partial charge in [-0.15, -0.1) is 0 Å². The zero-order chi connectivity index (χ0) is 22.3. The first-order valence-corrected chi connectivity index (χ1v) is 10.2. The molecular formula is C19H18F3N5O2S. The van der Waals surface area contributed by atoms with Crippen LogP contribution in [0, 0.1) is 11.3 Å². The molecule has 3 heterocycles. The van der Waals surface area contributed by atoms with Gasteiger partial charge in [-0.3, -0.25) is 4.21 Å². The van der Waals surface area contributed by atoms with E-state index in [1.807, 2.05) is 6.07 Å². The number of nitriles is 1. The van der Waals surface area contributed by atoms with Crippen molar-refractivity contribution in [3.05, 3.63) is 30.1 Å². The molecule has 3 aromatic rings. The summed E-state index contributed by atoms with van der Waals surface area (Å²) in [6, 6.07) is 4.42. The monoisotopic (exact) mass is 437 g/mol. The number of halogens is 3. The van der Waals surface area contributed by atoms with E-state index >= 15 is 0 Å². The third-order valence-corrected chi connectivity index (χ3v) is 5.55. The smallest absolute Gasteiger partial charge is 0.417 e. The van der Waals surface area contributed by atoms with Crippen LogP contribution in [0.5, 0.6) is 5.75 Å². The van der Waals surface area contributed by atoms with Crippen LogP contribution in [0.25, 0.3) is 22.7 Å². The lowest BCUT2D eigenvalue weighted by Gasteiger charge is -2.19. The van der Waals surface area contributed by atoms with Gasteiger partial charge < -0.3 is 9.30 Å². The SMILES string of the molecule is CC[S@@](=O)c1cc(OC(C)(C)C#N)cnc1-c1nc2cc(C(F)(F)F)cnc2n1C. The summed E-state index contributed by atoms with van der Waals surface area (Å²) >= 11 is 0. The van der Waals surface area contributed by atoms with Crippen LogP contribution in [0.15, 0.2) is 29.4 Å². The van der Waals surface area contributed by atoms with E-state index in [4.69, 9.17) is 10.00 Å². The number of ether oxygens (including phenoxy) is 1. The van der Waals surface area contributed by atoms with Crippen LogP contribution >= 0.6 is 0 Å². The van der Waals surface area contributed by atoms with Crippen molar-refractivity contribution in [1.29, 1.82) is 5.26 Å². The van der Waals surface area contributed by atoms with Crippen molar-refractivity contribution in [2.24, 2.45) is 7.05 Å². The summed E-state index contributed by atoms with van der Waals surface area (Å²) in [4.78, 5) is 12.8. The maximum atomic E-state index is 13.0. The number of fused-ring (bicyclic) bond motifs is 1. The molecule has 3 rings (SSSR count). The van der Waals surface area contributed by atoms with Gasteiger partial charge in [0.15, 0.2) is 17.1 Å². The van der Waals surface area contributed by atoms with Gasteiger partial charge in [0.1, 0.15) is 23.0 Å². The third kappa shape index (κ3) is 4.14. The zero-order valence-corrected chi connectivity index (χ0v) is 17.4. The summed E-state index contributed by atoms with van der Waals surface area (Å²) in [6.45, 7) is 4.87. The van der Waals surface area contributed by atoms with Crippen LogP contribution in [0.3, 0.4) is 0 Å². The fraction of sp³-hybridized carbons (Fsp3) is 0.368. The second kappa shape index (κ2) is 7.68. The van der Waals surface area contributed by atoms with E-state index in [2.05, 4.69) is 15.0 Å². The molecule has 0 saturated heterocycles. The molecule has 0 saturated carbocycles. The van der Waals surface area contributed by atoms with Crippen LogP contribution in [0.2, 0.25) is 0 Å². The summed E-state index contributed by atoms with van der Waals surface area (Å²) in [7, 11) is 0.121. The number of aryl methyl sites for hydroxylation is 1. The van der Waals surface area contributed by atoms with Crippen molar-refractivity contribution < 1.29 is 22.1 Å². The summed E-state index contributed by atoms with van der Waals surface area (Å²) in [5.41, 5.74) is -1.51. The summed E-state index contributed by atoms with van der Waals surface area (Å²) in [6.07, 6.45) is -2.44. The number of nitrogens with zero attached hydrogens (tertiary/aromatic N) is 5. The summed E-state index contributed by atoms with van der Waals surface area (Å²) < 4.78 is 58.8. The van der Waals surface area contributed by atoms with Gasteiger partial charge in [0, 0.05) is 25.1 Å². The van der Waals surface area contributed by atoms with E-state index in [1.54, 1.807) is 27.8 Å².